The van der Waals surface area contributed by atoms with Crippen LogP contribution in [0.2, 0.25) is 0 Å². The van der Waals surface area contributed by atoms with E-state index < -0.39 is 11.5 Å². The molecule has 8 nitrogen and oxygen atoms in total. The average molecular weight is 345 g/mol. The van der Waals surface area contributed by atoms with Crippen LogP contribution in [-0.2, 0) is 5.54 Å². The molecule has 1 unspecified atom stereocenters. The number of nitroso groups, excluding NO2 is 1. The van der Waals surface area contributed by atoms with Gasteiger partial charge >= 0.3 is 0 Å². The van der Waals surface area contributed by atoms with Gasteiger partial charge < -0.3 is 15.2 Å². The van der Waals surface area contributed by atoms with Crippen molar-refractivity contribution in [3.8, 4) is 11.5 Å². The van der Waals surface area contributed by atoms with Gasteiger partial charge in [0, 0.05) is 0 Å². The van der Waals surface area contributed by atoms with E-state index in [-0.39, 0.29) is 6.54 Å². The molecule has 8 heteroatoms. The van der Waals surface area contributed by atoms with E-state index in [2.05, 4.69) is 5.18 Å². The van der Waals surface area contributed by atoms with Gasteiger partial charge in [0.25, 0.3) is 5.97 Å². The van der Waals surface area contributed by atoms with E-state index in [0.29, 0.717) is 29.0 Å². The van der Waals surface area contributed by atoms with E-state index >= 15 is 0 Å². The maximum atomic E-state index is 11.9. The second kappa shape index (κ2) is 7.58. The molecule has 0 saturated carbocycles. The monoisotopic (exact) mass is 345 g/mol. The zero-order valence-electron chi connectivity index (χ0n) is 14.0. The number of ether oxygens (including phenoxy) is 2. The van der Waals surface area contributed by atoms with Crippen LogP contribution in [0.25, 0.3) is 0 Å². The fraction of sp³-hybridized carbons (Fsp3) is 0.294. The number of benzene rings is 2. The maximum absolute atomic E-state index is 11.9. The van der Waals surface area contributed by atoms with Gasteiger partial charge in [0.2, 0.25) is 0 Å². The Kier molecular flexibility index (Phi) is 5.70. The van der Waals surface area contributed by atoms with Crippen molar-refractivity contribution in [1.82, 2.24) is 0 Å². The van der Waals surface area contributed by atoms with Crippen LogP contribution < -0.4 is 32.4 Å². The molecule has 0 bridgehead atoms. The summed E-state index contributed by atoms with van der Waals surface area (Å²) >= 11 is 0. The minimum Gasteiger partial charge on any atom is -0.497 e. The van der Waals surface area contributed by atoms with Crippen LogP contribution in [0.5, 0.6) is 11.5 Å². The van der Waals surface area contributed by atoms with E-state index in [0.717, 1.165) is 0 Å². The quantitative estimate of drug-likeness (QED) is 0.410. The van der Waals surface area contributed by atoms with Gasteiger partial charge in [-0.2, -0.15) is 0 Å². The standard InChI is InChI=1S/C17H23N5O3/c1-24-14-6-2-12(3-7-14)16(22-23,10-11-18)13-4-8-15(9-5-13)25-17(19,20)21/h2-9H,10-11,18-21H2,1H3. The maximum Gasteiger partial charge on any atom is 0.271 e. The third kappa shape index (κ3) is 4.31. The number of hydrogen-bond donors (Lipinski definition) is 4. The third-order valence-corrected chi connectivity index (χ3v) is 3.86. The van der Waals surface area contributed by atoms with Crippen molar-refractivity contribution in [2.24, 2.45) is 28.1 Å². The van der Waals surface area contributed by atoms with Gasteiger partial charge in [0.05, 0.1) is 7.11 Å². The Labute approximate surface area is 146 Å². The molecule has 0 spiro atoms. The number of methoxy groups -OCH3 is 1. The van der Waals surface area contributed by atoms with Crippen molar-refractivity contribution in [3.63, 3.8) is 0 Å². The summed E-state index contributed by atoms with van der Waals surface area (Å²) < 4.78 is 10.3. The normalized spacial score (nSPS) is 13.8. The van der Waals surface area contributed by atoms with E-state index in [4.69, 9.17) is 32.4 Å². The fourth-order valence-corrected chi connectivity index (χ4v) is 2.68. The largest absolute Gasteiger partial charge is 0.497 e. The first-order valence-electron chi connectivity index (χ1n) is 7.70. The van der Waals surface area contributed by atoms with Crippen LogP contribution in [0.1, 0.15) is 17.5 Å². The lowest BCUT2D eigenvalue weighted by molar-refractivity contribution is 0.0901. The molecule has 134 valence electrons. The first-order valence-corrected chi connectivity index (χ1v) is 7.70. The Bertz CT molecular complexity index is 698. The smallest absolute Gasteiger partial charge is 0.271 e. The third-order valence-electron chi connectivity index (χ3n) is 3.86. The minimum absolute atomic E-state index is 0.285. The summed E-state index contributed by atoms with van der Waals surface area (Å²) in [5.41, 5.74) is 22.3. The average Bonchev–Trinajstić information content (AvgIpc) is 2.59. The predicted octanol–water partition coefficient (Wildman–Crippen LogP) is 0.920. The highest BCUT2D eigenvalue weighted by Gasteiger charge is 2.35. The topological polar surface area (TPSA) is 152 Å². The van der Waals surface area contributed by atoms with Crippen LogP contribution in [0, 0.1) is 4.91 Å². The van der Waals surface area contributed by atoms with Gasteiger partial charge in [-0.1, -0.05) is 29.4 Å². The summed E-state index contributed by atoms with van der Waals surface area (Å²) in [4.78, 5) is 11.9. The molecule has 1 atom stereocenters. The Morgan fingerprint density at radius 1 is 0.920 bits per heavy atom. The molecule has 0 aliphatic carbocycles. The number of nitrogens with two attached hydrogens (primary N) is 4. The first-order chi connectivity index (χ1) is 11.8. The zero-order valence-corrected chi connectivity index (χ0v) is 14.0. The second-order valence-corrected chi connectivity index (χ2v) is 5.70. The van der Waals surface area contributed by atoms with Crippen molar-refractivity contribution < 1.29 is 9.47 Å². The highest BCUT2D eigenvalue weighted by Crippen LogP contribution is 2.38. The summed E-state index contributed by atoms with van der Waals surface area (Å²) in [7, 11) is 1.57. The number of nitrogens with zero attached hydrogens (tertiary/aromatic N) is 1. The van der Waals surface area contributed by atoms with E-state index in [1.165, 1.54) is 0 Å². The molecule has 0 aliphatic heterocycles. The van der Waals surface area contributed by atoms with Crippen LogP contribution in [0.15, 0.2) is 53.7 Å². The predicted molar refractivity (Wildman–Crippen MR) is 95.6 cm³/mol. The highest BCUT2D eigenvalue weighted by atomic mass is 16.5. The molecule has 0 radical (unpaired) electrons. The van der Waals surface area contributed by atoms with Crippen LogP contribution in [0.4, 0.5) is 0 Å². The van der Waals surface area contributed by atoms with Crippen molar-refractivity contribution in [2.45, 2.75) is 17.9 Å². The Hall–Kier alpha value is -2.52. The summed E-state index contributed by atoms with van der Waals surface area (Å²) in [6.07, 6.45) is 0.345. The molecule has 8 N–H and O–H groups in total. The Morgan fingerprint density at radius 2 is 1.40 bits per heavy atom. The molecule has 0 amide bonds. The first kappa shape index (κ1) is 18.8. The van der Waals surface area contributed by atoms with Gasteiger partial charge in [-0.25, -0.2) is 0 Å². The lowest BCUT2D eigenvalue weighted by Gasteiger charge is -2.28. The number of hydrogen-bond acceptors (Lipinski definition) is 8. The van der Waals surface area contributed by atoms with Crippen LogP contribution in [-0.4, -0.2) is 19.6 Å². The van der Waals surface area contributed by atoms with Gasteiger partial charge in [0.15, 0.2) is 5.54 Å². The van der Waals surface area contributed by atoms with Crippen molar-refractivity contribution in [1.29, 1.82) is 0 Å². The van der Waals surface area contributed by atoms with Crippen molar-refractivity contribution in [3.05, 3.63) is 64.6 Å². The van der Waals surface area contributed by atoms with Crippen molar-refractivity contribution in [2.75, 3.05) is 13.7 Å². The molecule has 0 saturated heterocycles. The molecule has 0 heterocycles. The molecule has 2 aromatic carbocycles. The van der Waals surface area contributed by atoms with Crippen LogP contribution in [0.3, 0.4) is 0 Å². The van der Waals surface area contributed by atoms with Gasteiger partial charge in [-0.05, 0) is 48.4 Å². The summed E-state index contributed by atoms with van der Waals surface area (Å²) in [5.74, 6) is -0.724. The molecule has 2 rings (SSSR count). The zero-order chi connectivity index (χ0) is 18.5. The van der Waals surface area contributed by atoms with E-state index in [1.54, 1.807) is 55.6 Å². The molecule has 2 aromatic rings. The molecule has 0 fully saturated rings. The molecule has 0 aromatic heterocycles. The molecule has 0 aliphatic rings. The van der Waals surface area contributed by atoms with Gasteiger partial charge in [-0.15, -0.1) is 4.91 Å². The van der Waals surface area contributed by atoms with Gasteiger partial charge in [0.1, 0.15) is 11.5 Å². The SMILES string of the molecule is COc1ccc(C(CCN)(N=O)c2ccc(OC(N)(N)N)cc2)cc1. The fourth-order valence-electron chi connectivity index (χ4n) is 2.68. The molecule has 25 heavy (non-hydrogen) atoms. The summed E-state index contributed by atoms with van der Waals surface area (Å²) in [5, 5.41) is 3.42. The van der Waals surface area contributed by atoms with E-state index in [1.807, 2.05) is 0 Å². The molecular formula is C17H23N5O3. The number of rotatable bonds is 8. The highest BCUT2D eigenvalue weighted by molar-refractivity contribution is 5.43. The molecular weight excluding hydrogens is 322 g/mol. The second-order valence-electron chi connectivity index (χ2n) is 5.70. The van der Waals surface area contributed by atoms with E-state index in [9.17, 15) is 4.91 Å². The summed E-state index contributed by atoms with van der Waals surface area (Å²) in [6.45, 7) is 0.285. The minimum atomic E-state index is -1.78. The van der Waals surface area contributed by atoms with Gasteiger partial charge in [-0.3, -0.25) is 17.2 Å². The lowest BCUT2D eigenvalue weighted by atomic mass is 9.81. The van der Waals surface area contributed by atoms with Crippen LogP contribution >= 0.6 is 0 Å². The Balaban J connectivity index is 2.43. The van der Waals surface area contributed by atoms with Crippen molar-refractivity contribution >= 4 is 0 Å². The summed E-state index contributed by atoms with van der Waals surface area (Å²) in [6, 6.07) is 13.8. The Morgan fingerprint density at radius 3 is 1.76 bits per heavy atom. The lowest BCUT2D eigenvalue weighted by Crippen LogP contribution is -2.62.